The molecule has 20 heavy (non-hydrogen) atoms. The monoisotopic (exact) mass is 276 g/mol. The Morgan fingerprint density at radius 1 is 1.15 bits per heavy atom. The fraction of sp³-hybridized carbons (Fsp3) is 0.500. The number of anilines is 1. The third-order valence-electron chi connectivity index (χ3n) is 3.22. The van der Waals surface area contributed by atoms with E-state index < -0.39 is 0 Å². The largest absolute Gasteiger partial charge is 0.467 e. The number of imidazole rings is 1. The Morgan fingerprint density at radius 2 is 1.85 bits per heavy atom. The van der Waals surface area contributed by atoms with Crippen LogP contribution >= 0.6 is 0 Å². The summed E-state index contributed by atoms with van der Waals surface area (Å²) >= 11 is 0. The fourth-order valence-corrected chi connectivity index (χ4v) is 2.19. The Kier molecular flexibility index (Phi) is 3.36. The summed E-state index contributed by atoms with van der Waals surface area (Å²) in [5.41, 5.74) is 0. The lowest BCUT2D eigenvalue weighted by Gasteiger charge is -2.39. The van der Waals surface area contributed by atoms with Gasteiger partial charge in [-0.1, -0.05) is 0 Å². The maximum Gasteiger partial charge on any atom is 0.324 e. The third kappa shape index (κ3) is 2.49. The minimum absolute atomic E-state index is 0.268. The topological polar surface area (TPSA) is 78.2 Å². The van der Waals surface area contributed by atoms with E-state index in [2.05, 4.69) is 29.4 Å². The van der Waals surface area contributed by atoms with Crippen LogP contribution in [0.4, 0.5) is 5.95 Å². The minimum Gasteiger partial charge on any atom is -0.467 e. The van der Waals surface area contributed by atoms with Crippen molar-refractivity contribution in [3.63, 3.8) is 0 Å². The predicted octanol–water partition coefficient (Wildman–Crippen LogP) is 0.222. The molecule has 106 valence electrons. The summed E-state index contributed by atoms with van der Waals surface area (Å²) in [7, 11) is 3.05. The number of ether oxygens (including phenoxy) is 2. The first-order valence-electron chi connectivity index (χ1n) is 6.33. The number of methoxy groups -OCH3 is 2. The molecule has 0 atom stereocenters. The van der Waals surface area contributed by atoms with Gasteiger partial charge in [0.2, 0.25) is 5.95 Å². The molecular weight excluding hydrogens is 260 g/mol. The first-order chi connectivity index (χ1) is 9.78. The second-order valence-corrected chi connectivity index (χ2v) is 4.64. The summed E-state index contributed by atoms with van der Waals surface area (Å²) in [6, 6.07) is 0.537. The highest BCUT2D eigenvalue weighted by atomic mass is 16.5. The summed E-state index contributed by atoms with van der Waals surface area (Å²) in [5, 5.41) is 0. The molecule has 1 saturated heterocycles. The molecule has 0 aliphatic carbocycles. The lowest BCUT2D eigenvalue weighted by atomic mass is 10.0. The van der Waals surface area contributed by atoms with Crippen LogP contribution in [0.5, 0.6) is 12.0 Å². The molecule has 0 aromatic carbocycles. The summed E-state index contributed by atoms with van der Waals surface area (Å²) in [5.74, 6) is 1.16. The van der Waals surface area contributed by atoms with Crippen LogP contribution in [0.2, 0.25) is 0 Å². The molecule has 8 nitrogen and oxygen atoms in total. The van der Waals surface area contributed by atoms with Gasteiger partial charge in [0.05, 0.1) is 20.5 Å². The van der Waals surface area contributed by atoms with Crippen LogP contribution < -0.4 is 14.4 Å². The third-order valence-corrected chi connectivity index (χ3v) is 3.22. The van der Waals surface area contributed by atoms with Crippen molar-refractivity contribution >= 4 is 5.95 Å². The molecule has 0 N–H and O–H groups in total. The van der Waals surface area contributed by atoms with Gasteiger partial charge in [0.25, 0.3) is 0 Å². The van der Waals surface area contributed by atoms with Crippen molar-refractivity contribution < 1.29 is 9.47 Å². The fourth-order valence-electron chi connectivity index (χ4n) is 2.19. The van der Waals surface area contributed by atoms with Gasteiger partial charge in [-0.25, -0.2) is 4.98 Å². The van der Waals surface area contributed by atoms with E-state index in [4.69, 9.17) is 9.47 Å². The van der Waals surface area contributed by atoms with Crippen molar-refractivity contribution in [2.75, 3.05) is 32.2 Å². The SMILES string of the molecule is COc1nc(OC)nc(N2CC(Cn3ccnc3)C2)n1. The minimum atomic E-state index is 0.268. The maximum atomic E-state index is 5.05. The van der Waals surface area contributed by atoms with E-state index in [1.54, 1.807) is 6.20 Å². The molecule has 0 spiro atoms. The average Bonchev–Trinajstić information content (AvgIpc) is 2.94. The lowest BCUT2D eigenvalue weighted by molar-refractivity contribution is 0.326. The van der Waals surface area contributed by atoms with Crippen molar-refractivity contribution in [1.82, 2.24) is 24.5 Å². The molecule has 0 amide bonds. The van der Waals surface area contributed by atoms with E-state index in [0.717, 1.165) is 19.6 Å². The van der Waals surface area contributed by atoms with Gasteiger partial charge in [-0.15, -0.1) is 4.98 Å². The van der Waals surface area contributed by atoms with Crippen LogP contribution in [0.1, 0.15) is 0 Å². The normalized spacial score (nSPS) is 15.0. The van der Waals surface area contributed by atoms with Gasteiger partial charge in [0.1, 0.15) is 0 Å². The van der Waals surface area contributed by atoms with Gasteiger partial charge in [-0.05, 0) is 0 Å². The van der Waals surface area contributed by atoms with Gasteiger partial charge < -0.3 is 18.9 Å². The van der Waals surface area contributed by atoms with E-state index in [9.17, 15) is 0 Å². The van der Waals surface area contributed by atoms with E-state index in [1.807, 2.05) is 12.5 Å². The van der Waals surface area contributed by atoms with E-state index in [-0.39, 0.29) is 12.0 Å². The van der Waals surface area contributed by atoms with Crippen LogP contribution in [0.25, 0.3) is 0 Å². The molecule has 2 aromatic rings. The number of hydrogen-bond donors (Lipinski definition) is 0. The van der Waals surface area contributed by atoms with E-state index in [0.29, 0.717) is 11.9 Å². The lowest BCUT2D eigenvalue weighted by Crippen LogP contribution is -2.49. The van der Waals surface area contributed by atoms with Crippen molar-refractivity contribution in [3.8, 4) is 12.0 Å². The zero-order valence-electron chi connectivity index (χ0n) is 11.4. The second-order valence-electron chi connectivity index (χ2n) is 4.64. The van der Waals surface area contributed by atoms with Crippen LogP contribution in [0, 0.1) is 5.92 Å². The zero-order chi connectivity index (χ0) is 13.9. The molecule has 0 bridgehead atoms. The number of nitrogens with zero attached hydrogens (tertiary/aromatic N) is 6. The highest BCUT2D eigenvalue weighted by Crippen LogP contribution is 2.24. The first-order valence-corrected chi connectivity index (χ1v) is 6.33. The van der Waals surface area contributed by atoms with Gasteiger partial charge in [-0.3, -0.25) is 0 Å². The van der Waals surface area contributed by atoms with Crippen LogP contribution in [0.3, 0.4) is 0 Å². The molecule has 1 aliphatic rings. The molecular formula is C12H16N6O2. The second kappa shape index (κ2) is 5.32. The molecule has 3 rings (SSSR count). The quantitative estimate of drug-likeness (QED) is 0.773. The number of hydrogen-bond acceptors (Lipinski definition) is 7. The standard InChI is InChI=1S/C12H16N6O2/c1-19-11-14-10(15-12(16-11)20-2)18-6-9(7-18)5-17-4-3-13-8-17/h3-4,8-9H,5-7H2,1-2H3. The smallest absolute Gasteiger partial charge is 0.324 e. The molecule has 2 aromatic heterocycles. The van der Waals surface area contributed by atoms with Crippen molar-refractivity contribution in [3.05, 3.63) is 18.7 Å². The van der Waals surface area contributed by atoms with Crippen LogP contribution in [-0.4, -0.2) is 51.8 Å². The molecule has 0 saturated carbocycles. The number of rotatable bonds is 5. The molecule has 3 heterocycles. The Hall–Kier alpha value is -2.38. The molecule has 0 unspecified atom stereocenters. The highest BCUT2D eigenvalue weighted by molar-refractivity contribution is 5.35. The predicted molar refractivity (Wildman–Crippen MR) is 70.9 cm³/mol. The summed E-state index contributed by atoms with van der Waals surface area (Å²) in [4.78, 5) is 18.6. The van der Waals surface area contributed by atoms with Crippen LogP contribution in [-0.2, 0) is 6.54 Å². The van der Waals surface area contributed by atoms with Gasteiger partial charge in [0, 0.05) is 37.9 Å². The zero-order valence-corrected chi connectivity index (χ0v) is 11.4. The highest BCUT2D eigenvalue weighted by Gasteiger charge is 2.29. The average molecular weight is 276 g/mol. The Morgan fingerprint density at radius 3 is 2.40 bits per heavy atom. The van der Waals surface area contributed by atoms with Gasteiger partial charge in [0.15, 0.2) is 0 Å². The Balaban J connectivity index is 1.64. The van der Waals surface area contributed by atoms with E-state index >= 15 is 0 Å². The summed E-state index contributed by atoms with van der Waals surface area (Å²) in [6.07, 6.45) is 5.59. The van der Waals surface area contributed by atoms with Gasteiger partial charge >= 0.3 is 12.0 Å². The van der Waals surface area contributed by atoms with Crippen molar-refractivity contribution in [2.45, 2.75) is 6.54 Å². The first kappa shape index (κ1) is 12.6. The number of aromatic nitrogens is 5. The Bertz CT molecular complexity index is 545. The maximum absolute atomic E-state index is 5.05. The van der Waals surface area contributed by atoms with Crippen LogP contribution in [0.15, 0.2) is 18.7 Å². The summed E-state index contributed by atoms with van der Waals surface area (Å²) < 4.78 is 12.2. The molecule has 1 fully saturated rings. The van der Waals surface area contributed by atoms with Crippen molar-refractivity contribution in [1.29, 1.82) is 0 Å². The summed E-state index contributed by atoms with van der Waals surface area (Å²) in [6.45, 7) is 2.75. The Labute approximate surface area is 116 Å². The van der Waals surface area contributed by atoms with E-state index in [1.165, 1.54) is 14.2 Å². The molecule has 0 radical (unpaired) electrons. The van der Waals surface area contributed by atoms with Gasteiger partial charge in [-0.2, -0.15) is 9.97 Å². The molecule has 1 aliphatic heterocycles. The van der Waals surface area contributed by atoms with Crippen molar-refractivity contribution in [2.24, 2.45) is 5.92 Å². The molecule has 8 heteroatoms.